The average molecular weight is 401 g/mol. The Hall–Kier alpha value is -3.13. The molecule has 0 aromatic heterocycles. The van der Waals surface area contributed by atoms with Gasteiger partial charge in [0.05, 0.1) is 37.2 Å². The van der Waals surface area contributed by atoms with Crippen molar-refractivity contribution in [2.45, 2.75) is 6.10 Å². The molecule has 2 aromatic rings. The molecule has 1 aliphatic rings. The van der Waals surface area contributed by atoms with Crippen molar-refractivity contribution in [3.63, 3.8) is 0 Å². The van der Waals surface area contributed by atoms with Gasteiger partial charge in [0, 0.05) is 20.6 Å². The number of halogens is 1. The lowest BCUT2D eigenvalue weighted by atomic mass is 10.1. The van der Waals surface area contributed by atoms with Crippen LogP contribution in [0.3, 0.4) is 0 Å². The Morgan fingerprint density at radius 1 is 1.21 bits per heavy atom. The highest BCUT2D eigenvalue weighted by Gasteiger charge is 2.26. The van der Waals surface area contributed by atoms with Crippen LogP contribution >= 0.6 is 0 Å². The minimum Gasteiger partial charge on any atom is -0.465 e. The third kappa shape index (κ3) is 4.83. The summed E-state index contributed by atoms with van der Waals surface area (Å²) in [5.74, 6) is -0.757. The van der Waals surface area contributed by atoms with Gasteiger partial charge in [0.15, 0.2) is 0 Å². The number of rotatable bonds is 4. The molecule has 3 rings (SSSR count). The number of esters is 1. The second kappa shape index (κ2) is 8.91. The molecule has 1 aliphatic heterocycles. The maximum absolute atomic E-state index is 13.2. The number of benzene rings is 2. The molecule has 0 aliphatic carbocycles. The standard InChI is InChI=1S/C21H24FN3O4/c1-24(2)18-12-15(20(26)28-3)6-9-17(18)23-21(27)25-10-11-29-19(13-25)14-4-7-16(22)8-5-14/h4-9,12,19H,10-11,13H2,1-3H3,(H,23,27)/t19-/m0/s1. The molecule has 0 radical (unpaired) electrons. The summed E-state index contributed by atoms with van der Waals surface area (Å²) in [7, 11) is 4.97. The molecule has 1 saturated heterocycles. The average Bonchev–Trinajstić information content (AvgIpc) is 2.73. The number of urea groups is 1. The topological polar surface area (TPSA) is 71.1 Å². The number of nitrogens with one attached hydrogen (secondary N) is 1. The smallest absolute Gasteiger partial charge is 0.337 e. The monoisotopic (exact) mass is 401 g/mol. The summed E-state index contributed by atoms with van der Waals surface area (Å²) in [6.45, 7) is 1.19. The van der Waals surface area contributed by atoms with Crippen LogP contribution in [0.5, 0.6) is 0 Å². The van der Waals surface area contributed by atoms with Crippen LogP contribution < -0.4 is 10.2 Å². The van der Waals surface area contributed by atoms with E-state index in [-0.39, 0.29) is 18.0 Å². The molecule has 2 amide bonds. The zero-order valence-electron chi connectivity index (χ0n) is 16.6. The Labute approximate surface area is 169 Å². The first-order valence-corrected chi connectivity index (χ1v) is 9.21. The van der Waals surface area contributed by atoms with Crippen LogP contribution in [0.25, 0.3) is 0 Å². The van der Waals surface area contributed by atoms with Gasteiger partial charge in [0.2, 0.25) is 0 Å². The summed E-state index contributed by atoms with van der Waals surface area (Å²) in [4.78, 5) is 28.1. The van der Waals surface area contributed by atoms with Crippen molar-refractivity contribution in [1.82, 2.24) is 4.90 Å². The van der Waals surface area contributed by atoms with Crippen molar-refractivity contribution in [3.8, 4) is 0 Å². The largest absolute Gasteiger partial charge is 0.465 e. The van der Waals surface area contributed by atoms with E-state index >= 15 is 0 Å². The van der Waals surface area contributed by atoms with Gasteiger partial charge in [-0.25, -0.2) is 14.0 Å². The van der Waals surface area contributed by atoms with E-state index in [1.165, 1.54) is 19.2 Å². The minimum atomic E-state index is -0.443. The lowest BCUT2D eigenvalue weighted by Crippen LogP contribution is -2.44. The van der Waals surface area contributed by atoms with Crippen molar-refractivity contribution >= 4 is 23.4 Å². The van der Waals surface area contributed by atoms with E-state index in [1.807, 2.05) is 19.0 Å². The van der Waals surface area contributed by atoms with Gasteiger partial charge in [-0.1, -0.05) is 12.1 Å². The third-order valence-corrected chi connectivity index (χ3v) is 4.74. The molecule has 1 fully saturated rings. The molecule has 8 heteroatoms. The van der Waals surface area contributed by atoms with E-state index in [1.54, 1.807) is 35.2 Å². The zero-order valence-corrected chi connectivity index (χ0v) is 16.6. The van der Waals surface area contributed by atoms with Gasteiger partial charge in [-0.2, -0.15) is 0 Å². The molecule has 0 saturated carbocycles. The summed E-state index contributed by atoms with van der Waals surface area (Å²) in [5, 5.41) is 2.90. The fraction of sp³-hybridized carbons (Fsp3) is 0.333. The quantitative estimate of drug-likeness (QED) is 0.796. The molecule has 1 N–H and O–H groups in total. The molecule has 1 heterocycles. The highest BCUT2D eigenvalue weighted by molar-refractivity contribution is 5.97. The summed E-state index contributed by atoms with van der Waals surface area (Å²) >= 11 is 0. The van der Waals surface area contributed by atoms with Crippen molar-refractivity contribution in [2.75, 3.05) is 51.1 Å². The normalized spacial score (nSPS) is 16.3. The van der Waals surface area contributed by atoms with Crippen molar-refractivity contribution in [2.24, 2.45) is 0 Å². The maximum atomic E-state index is 13.2. The SMILES string of the molecule is COC(=O)c1ccc(NC(=O)N2CCO[C@H](c3ccc(F)cc3)C2)c(N(C)C)c1. The van der Waals surface area contributed by atoms with E-state index in [9.17, 15) is 14.0 Å². The maximum Gasteiger partial charge on any atom is 0.337 e. The highest BCUT2D eigenvalue weighted by Crippen LogP contribution is 2.28. The number of methoxy groups -OCH3 is 1. The summed E-state index contributed by atoms with van der Waals surface area (Å²) in [6.07, 6.45) is -0.315. The Bertz CT molecular complexity index is 886. The van der Waals surface area contributed by atoms with Crippen molar-refractivity contribution < 1.29 is 23.5 Å². The molecule has 7 nitrogen and oxygen atoms in total. The minimum absolute atomic E-state index is 0.269. The molecule has 1 atom stereocenters. The van der Waals surface area contributed by atoms with E-state index in [0.29, 0.717) is 36.6 Å². The molecule has 154 valence electrons. The number of nitrogens with zero attached hydrogens (tertiary/aromatic N) is 2. The second-order valence-corrected chi connectivity index (χ2v) is 6.91. The molecular weight excluding hydrogens is 377 g/mol. The van der Waals surface area contributed by atoms with Crippen LogP contribution in [0.2, 0.25) is 0 Å². The number of hydrogen-bond acceptors (Lipinski definition) is 5. The number of hydrogen-bond donors (Lipinski definition) is 1. The van der Waals surface area contributed by atoms with Crippen LogP contribution in [0.15, 0.2) is 42.5 Å². The second-order valence-electron chi connectivity index (χ2n) is 6.91. The summed E-state index contributed by atoms with van der Waals surface area (Å²) < 4.78 is 23.7. The number of anilines is 2. The highest BCUT2D eigenvalue weighted by atomic mass is 19.1. The lowest BCUT2D eigenvalue weighted by Gasteiger charge is -2.33. The van der Waals surface area contributed by atoms with Gasteiger partial charge in [-0.3, -0.25) is 0 Å². The number of morpholine rings is 1. The zero-order chi connectivity index (χ0) is 21.0. The predicted octanol–water partition coefficient (Wildman–Crippen LogP) is 3.28. The van der Waals surface area contributed by atoms with Gasteiger partial charge >= 0.3 is 12.0 Å². The Morgan fingerprint density at radius 2 is 1.93 bits per heavy atom. The first kappa shape index (κ1) is 20.6. The van der Waals surface area contributed by atoms with Crippen LogP contribution in [0.1, 0.15) is 22.0 Å². The third-order valence-electron chi connectivity index (χ3n) is 4.74. The fourth-order valence-corrected chi connectivity index (χ4v) is 3.16. The van der Waals surface area contributed by atoms with Gasteiger partial charge in [-0.15, -0.1) is 0 Å². The van der Waals surface area contributed by atoms with E-state index < -0.39 is 5.97 Å². The molecule has 0 unspecified atom stereocenters. The fourth-order valence-electron chi connectivity index (χ4n) is 3.16. The molecule has 0 spiro atoms. The van der Waals surface area contributed by atoms with Crippen LogP contribution in [0.4, 0.5) is 20.6 Å². The number of carbonyl (C=O) groups excluding carboxylic acids is 2. The van der Waals surface area contributed by atoms with E-state index in [4.69, 9.17) is 9.47 Å². The molecule has 2 aromatic carbocycles. The molecule has 29 heavy (non-hydrogen) atoms. The Balaban J connectivity index is 1.73. The molecular formula is C21H24FN3O4. The number of carbonyl (C=O) groups is 2. The van der Waals surface area contributed by atoms with Gasteiger partial charge in [0.1, 0.15) is 11.9 Å². The van der Waals surface area contributed by atoms with E-state index in [2.05, 4.69) is 5.32 Å². The van der Waals surface area contributed by atoms with Crippen molar-refractivity contribution in [1.29, 1.82) is 0 Å². The van der Waals surface area contributed by atoms with Crippen LogP contribution in [-0.2, 0) is 9.47 Å². The van der Waals surface area contributed by atoms with E-state index in [0.717, 1.165) is 5.56 Å². The predicted molar refractivity (Wildman–Crippen MR) is 108 cm³/mol. The van der Waals surface area contributed by atoms with Gasteiger partial charge in [-0.05, 0) is 35.9 Å². The van der Waals surface area contributed by atoms with Gasteiger partial charge in [0.25, 0.3) is 0 Å². The first-order valence-electron chi connectivity index (χ1n) is 9.21. The van der Waals surface area contributed by atoms with Crippen LogP contribution in [0, 0.1) is 5.82 Å². The van der Waals surface area contributed by atoms with Gasteiger partial charge < -0.3 is 24.6 Å². The number of amides is 2. The first-order chi connectivity index (χ1) is 13.9. The summed E-state index contributed by atoms with van der Waals surface area (Å²) in [5.41, 5.74) is 2.49. The Morgan fingerprint density at radius 3 is 2.59 bits per heavy atom. The summed E-state index contributed by atoms with van der Waals surface area (Å²) in [6, 6.07) is 10.8. The Kier molecular flexibility index (Phi) is 6.33. The molecule has 0 bridgehead atoms. The number of ether oxygens (including phenoxy) is 2. The lowest BCUT2D eigenvalue weighted by molar-refractivity contribution is -0.0135. The van der Waals surface area contributed by atoms with Crippen molar-refractivity contribution in [3.05, 3.63) is 59.4 Å². The van der Waals surface area contributed by atoms with Crippen LogP contribution in [-0.4, -0.2) is 57.8 Å².